The summed E-state index contributed by atoms with van der Waals surface area (Å²) in [6.07, 6.45) is 2.80. The van der Waals surface area contributed by atoms with Crippen molar-refractivity contribution < 1.29 is 14.7 Å². The molecule has 0 aliphatic carbocycles. The molecule has 2 aromatic rings. The first-order valence-electron chi connectivity index (χ1n) is 7.63. The highest BCUT2D eigenvalue weighted by atomic mass is 16.4. The fraction of sp³-hybridized carbons (Fsp3) is 0.353. The molecule has 2 N–H and O–H groups in total. The lowest BCUT2D eigenvalue weighted by atomic mass is 10.0. The number of carboxylic acids is 1. The number of aromatic nitrogens is 2. The van der Waals surface area contributed by atoms with Gasteiger partial charge in [-0.25, -0.2) is 0 Å². The maximum absolute atomic E-state index is 12.4. The summed E-state index contributed by atoms with van der Waals surface area (Å²) in [6, 6.07) is 9.51. The SMILES string of the molecule is CCCC(CNC(=O)c1cnn(C)c1-c1ccccc1)C(=O)O. The topological polar surface area (TPSA) is 84.2 Å². The lowest BCUT2D eigenvalue weighted by molar-refractivity contribution is -0.141. The fourth-order valence-corrected chi connectivity index (χ4v) is 2.51. The summed E-state index contributed by atoms with van der Waals surface area (Å²) in [5.41, 5.74) is 2.05. The van der Waals surface area contributed by atoms with Gasteiger partial charge in [-0.3, -0.25) is 14.3 Å². The number of carboxylic acid groups (broad SMARTS) is 1. The van der Waals surface area contributed by atoms with Crippen molar-refractivity contribution in [2.45, 2.75) is 19.8 Å². The third kappa shape index (κ3) is 3.97. The van der Waals surface area contributed by atoms with Crippen LogP contribution in [0.2, 0.25) is 0 Å². The van der Waals surface area contributed by atoms with E-state index in [9.17, 15) is 9.59 Å². The van der Waals surface area contributed by atoms with Gasteiger partial charge in [0.1, 0.15) is 0 Å². The normalized spacial score (nSPS) is 11.9. The minimum atomic E-state index is -0.887. The van der Waals surface area contributed by atoms with Crippen LogP contribution in [0.4, 0.5) is 0 Å². The monoisotopic (exact) mass is 315 g/mol. The maximum atomic E-state index is 12.4. The Balaban J connectivity index is 2.16. The predicted molar refractivity (Wildman–Crippen MR) is 87.0 cm³/mol. The molecule has 122 valence electrons. The number of benzene rings is 1. The number of carbonyl (C=O) groups is 2. The van der Waals surface area contributed by atoms with Gasteiger partial charge < -0.3 is 10.4 Å². The van der Waals surface area contributed by atoms with E-state index in [0.717, 1.165) is 12.0 Å². The highest BCUT2D eigenvalue weighted by Crippen LogP contribution is 2.22. The van der Waals surface area contributed by atoms with Crippen LogP contribution < -0.4 is 5.32 Å². The number of aliphatic carboxylic acids is 1. The van der Waals surface area contributed by atoms with Gasteiger partial charge in [0.25, 0.3) is 5.91 Å². The average molecular weight is 315 g/mol. The third-order valence-corrected chi connectivity index (χ3v) is 3.73. The maximum Gasteiger partial charge on any atom is 0.308 e. The van der Waals surface area contributed by atoms with E-state index < -0.39 is 11.9 Å². The van der Waals surface area contributed by atoms with Crippen molar-refractivity contribution >= 4 is 11.9 Å². The highest BCUT2D eigenvalue weighted by Gasteiger charge is 2.21. The van der Waals surface area contributed by atoms with E-state index in [0.29, 0.717) is 17.7 Å². The number of carbonyl (C=O) groups excluding carboxylic acids is 1. The molecular weight excluding hydrogens is 294 g/mol. The number of nitrogens with one attached hydrogen (secondary N) is 1. The Morgan fingerprint density at radius 3 is 2.61 bits per heavy atom. The van der Waals surface area contributed by atoms with Crippen LogP contribution in [-0.2, 0) is 11.8 Å². The van der Waals surface area contributed by atoms with E-state index in [1.165, 1.54) is 6.20 Å². The first kappa shape index (κ1) is 16.7. The van der Waals surface area contributed by atoms with Gasteiger partial charge in [-0.05, 0) is 6.42 Å². The molecular formula is C17H21N3O3. The van der Waals surface area contributed by atoms with E-state index in [4.69, 9.17) is 5.11 Å². The van der Waals surface area contributed by atoms with Crippen molar-refractivity contribution in [1.29, 1.82) is 0 Å². The van der Waals surface area contributed by atoms with Gasteiger partial charge >= 0.3 is 5.97 Å². The molecule has 0 aliphatic rings. The number of aryl methyl sites for hydroxylation is 1. The number of hydrogen-bond acceptors (Lipinski definition) is 3. The average Bonchev–Trinajstić information content (AvgIpc) is 2.93. The number of rotatable bonds is 7. The quantitative estimate of drug-likeness (QED) is 0.821. The van der Waals surface area contributed by atoms with Crippen LogP contribution in [0.5, 0.6) is 0 Å². The summed E-state index contributed by atoms with van der Waals surface area (Å²) in [4.78, 5) is 23.6. The standard InChI is InChI=1S/C17H21N3O3/c1-3-7-13(17(22)23)10-18-16(21)14-11-19-20(2)15(14)12-8-5-4-6-9-12/h4-6,8-9,11,13H,3,7,10H2,1-2H3,(H,18,21)(H,22,23). The van der Waals surface area contributed by atoms with Crippen molar-refractivity contribution in [3.05, 3.63) is 42.1 Å². The molecule has 0 saturated carbocycles. The second kappa shape index (κ2) is 7.58. The van der Waals surface area contributed by atoms with Crippen molar-refractivity contribution in [3.63, 3.8) is 0 Å². The van der Waals surface area contributed by atoms with Crippen LogP contribution in [0.3, 0.4) is 0 Å². The second-order valence-electron chi connectivity index (χ2n) is 5.43. The van der Waals surface area contributed by atoms with Gasteiger partial charge in [0.15, 0.2) is 0 Å². The first-order valence-corrected chi connectivity index (χ1v) is 7.63. The van der Waals surface area contributed by atoms with E-state index in [-0.39, 0.29) is 12.5 Å². The van der Waals surface area contributed by atoms with Gasteiger partial charge in [0, 0.05) is 19.2 Å². The van der Waals surface area contributed by atoms with Crippen molar-refractivity contribution in [3.8, 4) is 11.3 Å². The van der Waals surface area contributed by atoms with Crippen LogP contribution in [0.15, 0.2) is 36.5 Å². The van der Waals surface area contributed by atoms with Crippen molar-refractivity contribution in [2.24, 2.45) is 13.0 Å². The molecule has 0 spiro atoms. The van der Waals surface area contributed by atoms with Crippen LogP contribution in [0.25, 0.3) is 11.3 Å². The molecule has 6 nitrogen and oxygen atoms in total. The molecule has 1 unspecified atom stereocenters. The molecule has 1 aromatic heterocycles. The zero-order chi connectivity index (χ0) is 16.8. The molecule has 1 atom stereocenters. The Morgan fingerprint density at radius 1 is 1.30 bits per heavy atom. The second-order valence-corrected chi connectivity index (χ2v) is 5.43. The van der Waals surface area contributed by atoms with Crippen LogP contribution in [0, 0.1) is 5.92 Å². The van der Waals surface area contributed by atoms with E-state index >= 15 is 0 Å². The minimum absolute atomic E-state index is 0.116. The number of amides is 1. The summed E-state index contributed by atoms with van der Waals surface area (Å²) in [5, 5.41) is 16.0. The van der Waals surface area contributed by atoms with Gasteiger partial charge in [-0.15, -0.1) is 0 Å². The predicted octanol–water partition coefficient (Wildman–Crippen LogP) is 2.32. The Bertz CT molecular complexity index is 680. The van der Waals surface area contributed by atoms with E-state index in [2.05, 4.69) is 10.4 Å². The molecule has 1 amide bonds. The molecule has 0 aliphatic heterocycles. The lowest BCUT2D eigenvalue weighted by Crippen LogP contribution is -2.33. The first-order chi connectivity index (χ1) is 11.0. The summed E-state index contributed by atoms with van der Waals surface area (Å²) >= 11 is 0. The molecule has 1 aromatic carbocycles. The Morgan fingerprint density at radius 2 is 2.00 bits per heavy atom. The van der Waals surface area contributed by atoms with Crippen molar-refractivity contribution in [2.75, 3.05) is 6.54 Å². The summed E-state index contributed by atoms with van der Waals surface area (Å²) in [5.74, 6) is -1.76. The molecule has 0 saturated heterocycles. The van der Waals surface area contributed by atoms with Gasteiger partial charge in [-0.1, -0.05) is 43.7 Å². The van der Waals surface area contributed by atoms with Gasteiger partial charge in [0.05, 0.1) is 23.4 Å². The van der Waals surface area contributed by atoms with Crippen LogP contribution in [0.1, 0.15) is 30.1 Å². The third-order valence-electron chi connectivity index (χ3n) is 3.73. The number of hydrogen-bond donors (Lipinski definition) is 2. The van der Waals surface area contributed by atoms with E-state index in [1.54, 1.807) is 11.7 Å². The van der Waals surface area contributed by atoms with Crippen molar-refractivity contribution in [1.82, 2.24) is 15.1 Å². The molecule has 0 bridgehead atoms. The molecule has 2 rings (SSSR count). The molecule has 1 heterocycles. The van der Waals surface area contributed by atoms with E-state index in [1.807, 2.05) is 37.3 Å². The van der Waals surface area contributed by atoms with Gasteiger partial charge in [-0.2, -0.15) is 5.10 Å². The Kier molecular flexibility index (Phi) is 5.51. The molecule has 6 heteroatoms. The summed E-state index contributed by atoms with van der Waals surface area (Å²) in [7, 11) is 1.77. The van der Waals surface area contributed by atoms with Gasteiger partial charge in [0.2, 0.25) is 0 Å². The molecule has 23 heavy (non-hydrogen) atoms. The zero-order valence-corrected chi connectivity index (χ0v) is 13.3. The smallest absolute Gasteiger partial charge is 0.308 e. The van der Waals surface area contributed by atoms with Crippen LogP contribution >= 0.6 is 0 Å². The Labute approximate surface area is 135 Å². The summed E-state index contributed by atoms with van der Waals surface area (Å²) < 4.78 is 1.64. The zero-order valence-electron chi connectivity index (χ0n) is 13.3. The number of nitrogens with zero attached hydrogens (tertiary/aromatic N) is 2. The fourth-order valence-electron chi connectivity index (χ4n) is 2.51. The van der Waals surface area contributed by atoms with Crippen LogP contribution in [-0.4, -0.2) is 33.3 Å². The molecule has 0 fully saturated rings. The highest BCUT2D eigenvalue weighted by molar-refractivity contribution is 6.00. The lowest BCUT2D eigenvalue weighted by Gasteiger charge is -2.12. The minimum Gasteiger partial charge on any atom is -0.481 e. The summed E-state index contributed by atoms with van der Waals surface area (Å²) in [6.45, 7) is 2.04. The molecule has 0 radical (unpaired) electrons. The Hall–Kier alpha value is -2.63. The largest absolute Gasteiger partial charge is 0.481 e.